The number of carbonyl (C=O) groups excluding carboxylic acids is 1. The van der Waals surface area contributed by atoms with Crippen molar-refractivity contribution in [1.29, 1.82) is 0 Å². The van der Waals surface area contributed by atoms with Crippen LogP contribution >= 0.6 is 11.3 Å². The highest BCUT2D eigenvalue weighted by molar-refractivity contribution is 7.25. The number of fused-ring (bicyclic) bond motifs is 4. The molecule has 8 nitrogen and oxygen atoms in total. The van der Waals surface area contributed by atoms with Gasteiger partial charge in [-0.2, -0.15) is 0 Å². The number of amides is 1. The van der Waals surface area contributed by atoms with Crippen LogP contribution in [0.1, 0.15) is 31.5 Å². The number of hydrogen-bond acceptors (Lipinski definition) is 7. The van der Waals surface area contributed by atoms with Gasteiger partial charge < -0.3 is 14.4 Å². The first-order valence-electron chi connectivity index (χ1n) is 10.3. The predicted octanol–water partition coefficient (Wildman–Crippen LogP) is 2.11. The Hall–Kier alpha value is -2.36. The summed E-state index contributed by atoms with van der Waals surface area (Å²) in [5, 5.41) is 0.876. The highest BCUT2D eigenvalue weighted by Gasteiger charge is 2.31. The van der Waals surface area contributed by atoms with E-state index < -0.39 is 0 Å². The number of pyridine rings is 1. The highest BCUT2D eigenvalue weighted by Crippen LogP contribution is 2.35. The SMILES string of the molecule is CC[C@@]1(C)Cc2nc3sc4c(=O)n(CC(=O)N5CCOCC5)cnc4c3cc2CO1. The topological polar surface area (TPSA) is 86.6 Å². The van der Waals surface area contributed by atoms with Gasteiger partial charge in [-0.05, 0) is 19.4 Å². The van der Waals surface area contributed by atoms with Crippen LogP contribution in [0.5, 0.6) is 0 Å². The van der Waals surface area contributed by atoms with Gasteiger partial charge in [0.25, 0.3) is 5.56 Å². The third kappa shape index (κ3) is 3.30. The van der Waals surface area contributed by atoms with E-state index in [4.69, 9.17) is 14.5 Å². The molecule has 0 N–H and O–H groups in total. The van der Waals surface area contributed by atoms with Crippen molar-refractivity contribution in [3.63, 3.8) is 0 Å². The summed E-state index contributed by atoms with van der Waals surface area (Å²) in [6.45, 7) is 6.91. The van der Waals surface area contributed by atoms with Crippen molar-refractivity contribution in [3.05, 3.63) is 34.0 Å². The summed E-state index contributed by atoms with van der Waals surface area (Å²) in [4.78, 5) is 37.5. The molecule has 9 heteroatoms. The van der Waals surface area contributed by atoms with E-state index >= 15 is 0 Å². The van der Waals surface area contributed by atoms with Crippen molar-refractivity contribution in [2.24, 2.45) is 0 Å². The molecular formula is C21H24N4O4S. The summed E-state index contributed by atoms with van der Waals surface area (Å²) in [7, 11) is 0. The van der Waals surface area contributed by atoms with Gasteiger partial charge in [-0.25, -0.2) is 9.97 Å². The van der Waals surface area contributed by atoms with E-state index in [1.54, 1.807) is 4.90 Å². The zero-order valence-corrected chi connectivity index (χ0v) is 18.0. The van der Waals surface area contributed by atoms with Crippen molar-refractivity contribution in [2.45, 2.75) is 45.4 Å². The number of ether oxygens (including phenoxy) is 2. The number of aromatic nitrogens is 3. The molecule has 158 valence electrons. The molecule has 30 heavy (non-hydrogen) atoms. The maximum absolute atomic E-state index is 13.1. The monoisotopic (exact) mass is 428 g/mol. The quantitative estimate of drug-likeness (QED) is 0.635. The van der Waals surface area contributed by atoms with Crippen LogP contribution < -0.4 is 5.56 Å². The molecule has 5 heterocycles. The highest BCUT2D eigenvalue weighted by atomic mass is 32.1. The molecule has 0 saturated carbocycles. The Morgan fingerprint density at radius 2 is 2.13 bits per heavy atom. The first-order valence-corrected chi connectivity index (χ1v) is 11.1. The Kier molecular flexibility index (Phi) is 4.83. The van der Waals surface area contributed by atoms with Gasteiger partial charge in [-0.1, -0.05) is 6.92 Å². The maximum atomic E-state index is 13.1. The lowest BCUT2D eigenvalue weighted by Crippen LogP contribution is -2.43. The van der Waals surface area contributed by atoms with Gasteiger partial charge in [0.2, 0.25) is 5.91 Å². The maximum Gasteiger partial charge on any atom is 0.271 e. The van der Waals surface area contributed by atoms with Gasteiger partial charge in [0, 0.05) is 30.5 Å². The normalized spacial score (nSPS) is 21.9. The number of rotatable bonds is 3. The van der Waals surface area contributed by atoms with Crippen molar-refractivity contribution >= 4 is 37.7 Å². The van der Waals surface area contributed by atoms with Gasteiger partial charge in [-0.15, -0.1) is 11.3 Å². The largest absolute Gasteiger partial charge is 0.378 e. The number of morpholine rings is 1. The molecule has 2 aliphatic heterocycles. The lowest BCUT2D eigenvalue weighted by Gasteiger charge is -2.33. The molecule has 0 aliphatic carbocycles. The van der Waals surface area contributed by atoms with Gasteiger partial charge in [0.05, 0.1) is 43.0 Å². The van der Waals surface area contributed by atoms with E-state index in [-0.39, 0.29) is 23.6 Å². The van der Waals surface area contributed by atoms with Crippen molar-refractivity contribution in [3.8, 4) is 0 Å². The fraction of sp³-hybridized carbons (Fsp3) is 0.524. The zero-order valence-electron chi connectivity index (χ0n) is 17.1. The molecular weight excluding hydrogens is 404 g/mol. The molecule has 1 saturated heterocycles. The minimum Gasteiger partial charge on any atom is -0.378 e. The fourth-order valence-corrected chi connectivity index (χ4v) is 5.08. The van der Waals surface area contributed by atoms with Crippen LogP contribution in [0, 0.1) is 0 Å². The van der Waals surface area contributed by atoms with E-state index in [0.29, 0.717) is 43.1 Å². The van der Waals surface area contributed by atoms with Crippen LogP contribution in [0.3, 0.4) is 0 Å². The standard InChI is InChI=1S/C21H24N4O4S/c1-3-21(2)9-15-13(11-29-21)8-14-17-18(30-19(14)23-15)20(27)25(12-22-17)10-16(26)24-4-6-28-7-5-24/h8,12H,3-7,9-11H2,1-2H3/t21-/m0/s1. The Bertz CT molecular complexity index is 1200. The first-order chi connectivity index (χ1) is 14.5. The second-order valence-electron chi connectivity index (χ2n) is 8.17. The molecule has 2 aliphatic rings. The molecule has 5 rings (SSSR count). The summed E-state index contributed by atoms with van der Waals surface area (Å²) in [5.74, 6) is -0.0905. The minimum atomic E-state index is -0.199. The average Bonchev–Trinajstić information content (AvgIpc) is 3.13. The van der Waals surface area contributed by atoms with Gasteiger partial charge >= 0.3 is 0 Å². The van der Waals surface area contributed by atoms with E-state index in [0.717, 1.165) is 34.3 Å². The summed E-state index contributed by atoms with van der Waals surface area (Å²) >= 11 is 1.35. The predicted molar refractivity (Wildman–Crippen MR) is 114 cm³/mol. The second-order valence-corrected chi connectivity index (χ2v) is 9.17. The molecule has 1 fully saturated rings. The number of carbonyl (C=O) groups is 1. The third-order valence-electron chi connectivity index (χ3n) is 6.14. The molecule has 3 aromatic rings. The fourth-order valence-electron chi connectivity index (χ4n) is 4.01. The molecule has 0 spiro atoms. The zero-order chi connectivity index (χ0) is 20.9. The van der Waals surface area contributed by atoms with Crippen LogP contribution in [0.15, 0.2) is 17.2 Å². The van der Waals surface area contributed by atoms with Crippen LogP contribution in [0.25, 0.3) is 20.4 Å². The molecule has 0 radical (unpaired) electrons. The van der Waals surface area contributed by atoms with Crippen LogP contribution in [-0.4, -0.2) is 57.2 Å². The lowest BCUT2D eigenvalue weighted by molar-refractivity contribution is -0.135. The second kappa shape index (κ2) is 7.40. The third-order valence-corrected chi connectivity index (χ3v) is 7.22. The lowest BCUT2D eigenvalue weighted by atomic mass is 9.91. The van der Waals surface area contributed by atoms with Crippen LogP contribution in [0.4, 0.5) is 0 Å². The number of nitrogens with zero attached hydrogens (tertiary/aromatic N) is 4. The van der Waals surface area contributed by atoms with Gasteiger partial charge in [0.15, 0.2) is 0 Å². The molecule has 0 unspecified atom stereocenters. The minimum absolute atomic E-state index is 0.0113. The van der Waals surface area contributed by atoms with Crippen molar-refractivity contribution in [2.75, 3.05) is 26.3 Å². The van der Waals surface area contributed by atoms with E-state index in [9.17, 15) is 9.59 Å². The Balaban J connectivity index is 1.51. The number of thiophene rings is 1. The van der Waals surface area contributed by atoms with E-state index in [2.05, 4.69) is 24.9 Å². The van der Waals surface area contributed by atoms with E-state index in [1.165, 1.54) is 22.2 Å². The molecule has 0 aromatic carbocycles. The van der Waals surface area contributed by atoms with Gasteiger partial charge in [-0.3, -0.25) is 14.2 Å². The average molecular weight is 429 g/mol. The van der Waals surface area contributed by atoms with Crippen LogP contribution in [0.2, 0.25) is 0 Å². The van der Waals surface area contributed by atoms with Gasteiger partial charge in [0.1, 0.15) is 16.1 Å². The molecule has 1 atom stereocenters. The summed E-state index contributed by atoms with van der Waals surface area (Å²) in [5.41, 5.74) is 2.34. The molecule has 0 bridgehead atoms. The number of hydrogen-bond donors (Lipinski definition) is 0. The first kappa shape index (κ1) is 19.6. The van der Waals surface area contributed by atoms with Crippen molar-refractivity contribution in [1.82, 2.24) is 19.4 Å². The van der Waals surface area contributed by atoms with Crippen LogP contribution in [-0.2, 0) is 33.8 Å². The smallest absolute Gasteiger partial charge is 0.271 e. The summed E-state index contributed by atoms with van der Waals surface area (Å²) in [6, 6.07) is 2.06. The molecule has 1 amide bonds. The Labute approximate surface area is 177 Å². The summed E-state index contributed by atoms with van der Waals surface area (Å²) < 4.78 is 13.3. The molecule has 3 aromatic heterocycles. The van der Waals surface area contributed by atoms with E-state index in [1.807, 2.05) is 0 Å². The van der Waals surface area contributed by atoms with Crippen molar-refractivity contribution < 1.29 is 14.3 Å². The summed E-state index contributed by atoms with van der Waals surface area (Å²) in [6.07, 6.45) is 3.15. The Morgan fingerprint density at radius 3 is 2.90 bits per heavy atom. The Morgan fingerprint density at radius 1 is 1.33 bits per heavy atom.